The van der Waals surface area contributed by atoms with Crippen molar-refractivity contribution in [2.45, 2.75) is 4.90 Å². The Hall–Kier alpha value is -4.85. The zero-order valence-corrected chi connectivity index (χ0v) is 21.8. The van der Waals surface area contributed by atoms with Gasteiger partial charge in [0.1, 0.15) is 10.6 Å². The van der Waals surface area contributed by atoms with Crippen LogP contribution in [0.3, 0.4) is 0 Å². The van der Waals surface area contributed by atoms with Crippen molar-refractivity contribution in [2.24, 2.45) is 0 Å². The van der Waals surface area contributed by atoms with E-state index in [0.717, 1.165) is 29.3 Å². The molecule has 1 atom stereocenters. The fourth-order valence-electron chi connectivity index (χ4n) is 3.96. The summed E-state index contributed by atoms with van der Waals surface area (Å²) in [6.45, 7) is 0. The molecule has 11 nitrogen and oxygen atoms in total. The molecule has 5 aromatic rings. The van der Waals surface area contributed by atoms with Crippen molar-refractivity contribution < 1.29 is 30.7 Å². The van der Waals surface area contributed by atoms with Gasteiger partial charge in [0.15, 0.2) is 11.3 Å². The lowest BCUT2D eigenvalue weighted by Crippen LogP contribution is -2.25. The number of hydrogen-bond acceptors (Lipinski definition) is 9. The van der Waals surface area contributed by atoms with Crippen LogP contribution in [0.4, 0.5) is 17.1 Å². The number of fused-ring (bicyclic) bond motifs is 1. The number of anilines is 2. The lowest BCUT2D eigenvalue weighted by Gasteiger charge is -2.25. The van der Waals surface area contributed by atoms with Crippen molar-refractivity contribution in [3.05, 3.63) is 124 Å². The summed E-state index contributed by atoms with van der Waals surface area (Å²) >= 11 is -3.07. The minimum atomic E-state index is -4.35. The van der Waals surface area contributed by atoms with Gasteiger partial charge in [0, 0.05) is 17.5 Å². The van der Waals surface area contributed by atoms with Gasteiger partial charge in [-0.15, -0.1) is 0 Å². The second kappa shape index (κ2) is 10.7. The second-order valence-corrected chi connectivity index (χ2v) is 10.7. The van der Waals surface area contributed by atoms with Crippen molar-refractivity contribution in [1.29, 1.82) is 0 Å². The average Bonchev–Trinajstić information content (AvgIpc) is 2.94. The third-order valence-electron chi connectivity index (χ3n) is 5.80. The van der Waals surface area contributed by atoms with E-state index < -0.39 is 43.3 Å². The van der Waals surface area contributed by atoms with Crippen molar-refractivity contribution in [3.63, 3.8) is 0 Å². The molecule has 0 spiro atoms. The highest BCUT2D eigenvalue weighted by Gasteiger charge is 2.23. The molecule has 0 fully saturated rings. The first kappa shape index (κ1) is 26.7. The molecule has 0 aliphatic rings. The maximum Gasteiger partial charge on any atom is 0.361 e. The largest absolute Gasteiger partial charge is 0.755 e. The van der Waals surface area contributed by atoms with E-state index in [2.05, 4.69) is 0 Å². The molecule has 13 heteroatoms. The van der Waals surface area contributed by atoms with Crippen LogP contribution in [-0.4, -0.2) is 22.1 Å². The number of nitro benzene ring substituents is 1. The van der Waals surface area contributed by atoms with Crippen LogP contribution in [0.5, 0.6) is 5.75 Å². The lowest BCUT2D eigenvalue weighted by atomic mass is 10.1. The minimum Gasteiger partial charge on any atom is -0.755 e. The summed E-state index contributed by atoms with van der Waals surface area (Å²) in [6.07, 6.45) is 0. The number of hydrogen-bond donors (Lipinski definition) is 0. The molecule has 1 heterocycles. The molecular weight excluding hydrogens is 560 g/mol. The highest BCUT2D eigenvalue weighted by atomic mass is 32.2. The van der Waals surface area contributed by atoms with E-state index in [9.17, 15) is 32.1 Å². The van der Waals surface area contributed by atoms with E-state index in [4.69, 9.17) is 8.60 Å². The number of non-ortho nitro benzene ring substituents is 1. The van der Waals surface area contributed by atoms with E-state index in [1.807, 2.05) is 30.3 Å². The number of nitro groups is 1. The van der Waals surface area contributed by atoms with E-state index in [1.165, 1.54) is 42.5 Å². The number of nitrogens with zero attached hydrogens (tertiary/aromatic N) is 2. The molecule has 0 aliphatic heterocycles. The summed E-state index contributed by atoms with van der Waals surface area (Å²) in [5, 5.41) is 11.3. The van der Waals surface area contributed by atoms with Crippen LogP contribution < -0.4 is 14.1 Å². The Kier molecular flexibility index (Phi) is 7.17. The SMILES string of the molecule is O=c1oc2c(OS(=O)(=O)c3ccc(-c4ccccc4)cc3)cccc2cc1N(c1cccc([N+](=O)[O-])c1)S(=O)[O-]. The van der Waals surface area contributed by atoms with Gasteiger partial charge in [0.25, 0.3) is 5.69 Å². The molecule has 4 aromatic carbocycles. The fourth-order valence-corrected chi connectivity index (χ4v) is 5.47. The quantitative estimate of drug-likeness (QED) is 0.0806. The van der Waals surface area contributed by atoms with Gasteiger partial charge in [-0.25, -0.2) is 4.79 Å². The Morgan fingerprint density at radius 2 is 1.52 bits per heavy atom. The van der Waals surface area contributed by atoms with Gasteiger partial charge < -0.3 is 13.2 Å². The monoisotopic (exact) mass is 577 g/mol. The average molecular weight is 578 g/mol. The Balaban J connectivity index is 1.51. The predicted molar refractivity (Wildman–Crippen MR) is 146 cm³/mol. The highest BCUT2D eigenvalue weighted by Crippen LogP contribution is 2.33. The van der Waals surface area contributed by atoms with Gasteiger partial charge in [-0.3, -0.25) is 18.6 Å². The lowest BCUT2D eigenvalue weighted by molar-refractivity contribution is -0.384. The van der Waals surface area contributed by atoms with Gasteiger partial charge >= 0.3 is 15.7 Å². The van der Waals surface area contributed by atoms with Crippen LogP contribution in [0, 0.1) is 10.1 Å². The molecule has 0 saturated heterocycles. The van der Waals surface area contributed by atoms with Crippen LogP contribution in [0.25, 0.3) is 22.1 Å². The molecule has 202 valence electrons. The summed E-state index contributed by atoms with van der Waals surface area (Å²) in [4.78, 5) is 23.2. The van der Waals surface area contributed by atoms with Crippen molar-refractivity contribution in [2.75, 3.05) is 4.31 Å². The minimum absolute atomic E-state index is 0.137. The van der Waals surface area contributed by atoms with E-state index in [0.29, 0.717) is 4.31 Å². The number of benzene rings is 4. The van der Waals surface area contributed by atoms with Gasteiger partial charge in [0.2, 0.25) is 0 Å². The van der Waals surface area contributed by atoms with Gasteiger partial charge in [-0.05, 0) is 41.5 Å². The second-order valence-electron chi connectivity index (χ2n) is 8.31. The van der Waals surface area contributed by atoms with Crippen LogP contribution in [0.2, 0.25) is 0 Å². The van der Waals surface area contributed by atoms with Crippen molar-refractivity contribution >= 4 is 49.4 Å². The Morgan fingerprint density at radius 1 is 0.850 bits per heavy atom. The summed E-state index contributed by atoms with van der Waals surface area (Å²) in [5.41, 5.74) is -0.735. The first-order chi connectivity index (χ1) is 19.1. The molecule has 5 rings (SSSR count). The highest BCUT2D eigenvalue weighted by molar-refractivity contribution is 7.87. The Bertz CT molecular complexity index is 1920. The molecular formula is C27H17N2O9S2-. The molecule has 0 saturated carbocycles. The van der Waals surface area contributed by atoms with Crippen LogP contribution in [0.15, 0.2) is 117 Å². The maximum atomic E-state index is 13.0. The van der Waals surface area contributed by atoms with E-state index in [1.54, 1.807) is 12.1 Å². The fraction of sp³-hybridized carbons (Fsp3) is 0. The third kappa shape index (κ3) is 5.33. The van der Waals surface area contributed by atoms with E-state index in [-0.39, 0.29) is 27.3 Å². The van der Waals surface area contributed by atoms with Crippen molar-refractivity contribution in [1.82, 2.24) is 0 Å². The summed E-state index contributed by atoms with van der Waals surface area (Å²) in [6, 6.07) is 25.4. The number of para-hydroxylation sites is 1. The normalized spacial score (nSPS) is 12.1. The zero-order chi connectivity index (χ0) is 28.4. The summed E-state index contributed by atoms with van der Waals surface area (Å²) in [5.74, 6) is -0.293. The Labute approximate surface area is 229 Å². The van der Waals surface area contributed by atoms with Crippen LogP contribution >= 0.6 is 0 Å². The first-order valence-electron chi connectivity index (χ1n) is 11.4. The molecule has 1 aromatic heterocycles. The molecule has 0 bridgehead atoms. The molecule has 1 unspecified atom stereocenters. The smallest absolute Gasteiger partial charge is 0.361 e. The molecule has 0 N–H and O–H groups in total. The van der Waals surface area contributed by atoms with Crippen LogP contribution in [0.1, 0.15) is 0 Å². The number of rotatable bonds is 8. The summed E-state index contributed by atoms with van der Waals surface area (Å²) < 4.78 is 61.4. The van der Waals surface area contributed by atoms with Gasteiger partial charge in [0.05, 0.1) is 21.9 Å². The first-order valence-corrected chi connectivity index (χ1v) is 13.9. The topological polar surface area (TPSA) is 160 Å². The molecule has 0 aliphatic carbocycles. The third-order valence-corrected chi connectivity index (χ3v) is 7.75. The predicted octanol–water partition coefficient (Wildman–Crippen LogP) is 5.07. The van der Waals surface area contributed by atoms with Gasteiger partial charge in [-0.1, -0.05) is 60.7 Å². The van der Waals surface area contributed by atoms with E-state index >= 15 is 0 Å². The molecule has 0 radical (unpaired) electrons. The Morgan fingerprint density at radius 3 is 2.20 bits per heavy atom. The standard InChI is InChI=1S/C27H18N2O9S2/c30-27-24(28(39(33)34)21-9-5-10-22(17-21)29(31)32)16-20-8-4-11-25(26(20)37-27)38-40(35,36)23-14-12-19(13-15-23)18-6-2-1-3-7-18/h1-17H,(H,33,34)/p-1. The zero-order valence-electron chi connectivity index (χ0n) is 20.2. The molecule has 0 amide bonds. The van der Waals surface area contributed by atoms with Gasteiger partial charge in [-0.2, -0.15) is 8.42 Å². The maximum absolute atomic E-state index is 13.0. The van der Waals surface area contributed by atoms with Crippen molar-refractivity contribution in [3.8, 4) is 16.9 Å². The molecule has 40 heavy (non-hydrogen) atoms. The van der Waals surface area contributed by atoms with Crippen LogP contribution in [-0.2, 0) is 21.4 Å². The summed E-state index contributed by atoms with van der Waals surface area (Å²) in [7, 11) is -4.35.